The van der Waals surface area contributed by atoms with Crippen LogP contribution < -0.4 is 0 Å². The fourth-order valence-electron chi connectivity index (χ4n) is 2.97. The van der Waals surface area contributed by atoms with Crippen LogP contribution in [-0.2, 0) is 0 Å². The van der Waals surface area contributed by atoms with Crippen LogP contribution in [0.15, 0.2) is 11.6 Å². The summed E-state index contributed by atoms with van der Waals surface area (Å²) in [6.45, 7) is 5.13. The summed E-state index contributed by atoms with van der Waals surface area (Å²) < 4.78 is 0. The summed E-state index contributed by atoms with van der Waals surface area (Å²) >= 11 is 0. The third kappa shape index (κ3) is 1.43. The van der Waals surface area contributed by atoms with Crippen LogP contribution in [-0.4, -0.2) is 11.7 Å². The van der Waals surface area contributed by atoms with E-state index in [1.54, 1.807) is 5.57 Å². The molecule has 0 saturated heterocycles. The summed E-state index contributed by atoms with van der Waals surface area (Å²) in [6, 6.07) is 0. The van der Waals surface area contributed by atoms with Gasteiger partial charge in [-0.15, -0.1) is 0 Å². The van der Waals surface area contributed by atoms with Gasteiger partial charge in [0.15, 0.2) is 0 Å². The Labute approximate surface area is 80.8 Å². The van der Waals surface area contributed by atoms with Crippen molar-refractivity contribution in [3.8, 4) is 0 Å². The van der Waals surface area contributed by atoms with E-state index in [0.29, 0.717) is 12.0 Å². The number of rotatable bonds is 2. The van der Waals surface area contributed by atoms with E-state index in [2.05, 4.69) is 19.9 Å². The van der Waals surface area contributed by atoms with Crippen LogP contribution in [0.1, 0.15) is 39.5 Å². The molecule has 2 bridgehead atoms. The van der Waals surface area contributed by atoms with Crippen molar-refractivity contribution in [2.45, 2.75) is 39.5 Å². The van der Waals surface area contributed by atoms with Gasteiger partial charge in [0, 0.05) is 6.61 Å². The number of hydrogen-bond acceptors (Lipinski definition) is 1. The maximum Gasteiger partial charge on any atom is 0.0465 e. The molecule has 0 aromatic rings. The molecule has 3 aliphatic rings. The Morgan fingerprint density at radius 2 is 2.00 bits per heavy atom. The van der Waals surface area contributed by atoms with Crippen molar-refractivity contribution < 1.29 is 5.11 Å². The number of aliphatic hydroxyl groups excluding tert-OH is 1. The van der Waals surface area contributed by atoms with E-state index in [1.807, 2.05) is 0 Å². The van der Waals surface area contributed by atoms with Crippen LogP contribution in [0.4, 0.5) is 0 Å². The predicted octanol–water partition coefficient (Wildman–Crippen LogP) is 2.75. The van der Waals surface area contributed by atoms with Crippen molar-refractivity contribution >= 4 is 0 Å². The minimum Gasteiger partial charge on any atom is -0.396 e. The molecule has 3 saturated carbocycles. The van der Waals surface area contributed by atoms with Crippen LogP contribution in [0, 0.1) is 17.3 Å². The van der Waals surface area contributed by atoms with Gasteiger partial charge < -0.3 is 5.11 Å². The molecule has 2 unspecified atom stereocenters. The summed E-state index contributed by atoms with van der Waals surface area (Å²) in [7, 11) is 0. The summed E-state index contributed by atoms with van der Waals surface area (Å²) in [5.41, 5.74) is 2.21. The molecule has 3 aliphatic carbocycles. The smallest absolute Gasteiger partial charge is 0.0465 e. The summed E-state index contributed by atoms with van der Waals surface area (Å²) in [6.07, 6.45) is 7.15. The van der Waals surface area contributed by atoms with Crippen LogP contribution in [0.2, 0.25) is 0 Å². The summed E-state index contributed by atoms with van der Waals surface area (Å²) in [5, 5.41) is 8.73. The number of hydrogen-bond donors (Lipinski definition) is 1. The van der Waals surface area contributed by atoms with E-state index in [4.69, 9.17) is 5.11 Å². The van der Waals surface area contributed by atoms with Crippen molar-refractivity contribution in [1.82, 2.24) is 0 Å². The fourth-order valence-corrected chi connectivity index (χ4v) is 2.97. The van der Waals surface area contributed by atoms with Gasteiger partial charge in [-0.25, -0.2) is 0 Å². The van der Waals surface area contributed by atoms with Gasteiger partial charge in [-0.05, 0) is 42.9 Å². The Hall–Kier alpha value is -0.300. The number of allylic oxidation sites excluding steroid dienone is 1. The van der Waals surface area contributed by atoms with E-state index >= 15 is 0 Å². The van der Waals surface area contributed by atoms with E-state index in [0.717, 1.165) is 18.3 Å². The molecule has 3 fully saturated rings. The second-order valence-electron chi connectivity index (χ2n) is 5.23. The van der Waals surface area contributed by atoms with Gasteiger partial charge in [0.25, 0.3) is 0 Å². The van der Waals surface area contributed by atoms with E-state index in [9.17, 15) is 0 Å². The Morgan fingerprint density at radius 1 is 1.38 bits per heavy atom. The molecule has 13 heavy (non-hydrogen) atoms. The molecule has 74 valence electrons. The minimum absolute atomic E-state index is 0.308. The molecule has 0 amide bonds. The van der Waals surface area contributed by atoms with Crippen molar-refractivity contribution in [3.63, 3.8) is 0 Å². The highest BCUT2D eigenvalue weighted by atomic mass is 16.2. The Bertz CT molecular complexity index is 211. The zero-order valence-electron chi connectivity index (χ0n) is 8.71. The first-order chi connectivity index (χ1) is 6.14. The highest BCUT2D eigenvalue weighted by Gasteiger charge is 2.50. The molecular weight excluding hydrogens is 160 g/mol. The Morgan fingerprint density at radius 3 is 2.46 bits per heavy atom. The highest BCUT2D eigenvalue weighted by Crippen LogP contribution is 2.60. The summed E-state index contributed by atoms with van der Waals surface area (Å²) in [5.74, 6) is 1.85. The third-order valence-corrected chi connectivity index (χ3v) is 4.25. The lowest BCUT2D eigenvalue weighted by Gasteiger charge is -2.57. The molecule has 0 radical (unpaired) electrons. The molecule has 3 rings (SSSR count). The molecule has 2 atom stereocenters. The average molecular weight is 180 g/mol. The average Bonchev–Trinajstić information content (AvgIpc) is 2.15. The second kappa shape index (κ2) is 3.13. The van der Waals surface area contributed by atoms with Crippen molar-refractivity contribution in [3.05, 3.63) is 11.6 Å². The first-order valence-electron chi connectivity index (χ1n) is 5.43. The van der Waals surface area contributed by atoms with Crippen molar-refractivity contribution in [2.24, 2.45) is 17.3 Å². The lowest BCUT2D eigenvalue weighted by atomic mass is 9.48. The molecule has 1 heteroatoms. The molecule has 1 nitrogen and oxygen atoms in total. The minimum atomic E-state index is 0.308. The van der Waals surface area contributed by atoms with Gasteiger partial charge in [-0.1, -0.05) is 25.5 Å². The van der Waals surface area contributed by atoms with Gasteiger partial charge in [0.1, 0.15) is 0 Å². The third-order valence-electron chi connectivity index (χ3n) is 4.25. The molecule has 0 spiro atoms. The first kappa shape index (κ1) is 9.26. The SMILES string of the molecule is CC1(C)C2CC(=CCCO)CC1C2. The lowest BCUT2D eigenvalue weighted by Crippen LogP contribution is -2.48. The van der Waals surface area contributed by atoms with Crippen LogP contribution >= 0.6 is 0 Å². The topological polar surface area (TPSA) is 20.2 Å². The van der Waals surface area contributed by atoms with Gasteiger partial charge in [-0.2, -0.15) is 0 Å². The lowest BCUT2D eigenvalue weighted by molar-refractivity contribution is -0.0430. The molecule has 0 aromatic heterocycles. The maximum absolute atomic E-state index is 8.73. The van der Waals surface area contributed by atoms with Gasteiger partial charge in [0.05, 0.1) is 0 Å². The van der Waals surface area contributed by atoms with Gasteiger partial charge >= 0.3 is 0 Å². The Kier molecular flexibility index (Phi) is 2.23. The van der Waals surface area contributed by atoms with Gasteiger partial charge in [0.2, 0.25) is 0 Å². The monoisotopic (exact) mass is 180 g/mol. The summed E-state index contributed by atoms with van der Waals surface area (Å²) in [4.78, 5) is 0. The normalized spacial score (nSPS) is 35.5. The second-order valence-corrected chi connectivity index (χ2v) is 5.23. The van der Waals surface area contributed by atoms with E-state index in [1.165, 1.54) is 19.3 Å². The van der Waals surface area contributed by atoms with E-state index < -0.39 is 0 Å². The molecule has 0 aromatic carbocycles. The predicted molar refractivity (Wildman–Crippen MR) is 54.4 cm³/mol. The largest absolute Gasteiger partial charge is 0.396 e. The zero-order chi connectivity index (χ0) is 9.47. The standard InChI is InChI=1S/C12H20O/c1-12(2)10-6-9(4-3-5-13)7-11(12)8-10/h4,10-11,13H,3,5-8H2,1-2H3. The number of fused-ring (bicyclic) bond motifs is 2. The van der Waals surface area contributed by atoms with E-state index in [-0.39, 0.29) is 0 Å². The number of aliphatic hydroxyl groups is 1. The highest BCUT2D eigenvalue weighted by molar-refractivity contribution is 5.17. The maximum atomic E-state index is 8.73. The Balaban J connectivity index is 1.97. The van der Waals surface area contributed by atoms with Gasteiger partial charge in [-0.3, -0.25) is 0 Å². The molecule has 0 heterocycles. The molecular formula is C12H20O. The fraction of sp³-hybridized carbons (Fsp3) is 0.833. The van der Waals surface area contributed by atoms with Crippen molar-refractivity contribution in [2.75, 3.05) is 6.61 Å². The first-order valence-corrected chi connectivity index (χ1v) is 5.43. The molecule has 0 aliphatic heterocycles. The quantitative estimate of drug-likeness (QED) is 0.648. The van der Waals surface area contributed by atoms with Crippen LogP contribution in [0.3, 0.4) is 0 Å². The zero-order valence-corrected chi connectivity index (χ0v) is 8.71. The van der Waals surface area contributed by atoms with Crippen molar-refractivity contribution in [1.29, 1.82) is 0 Å². The molecule has 1 N–H and O–H groups in total. The van der Waals surface area contributed by atoms with Crippen LogP contribution in [0.5, 0.6) is 0 Å². The van der Waals surface area contributed by atoms with Crippen LogP contribution in [0.25, 0.3) is 0 Å².